The average molecular weight is 466 g/mol. The van der Waals surface area contributed by atoms with Crippen LogP contribution in [0.1, 0.15) is 21.9 Å². The van der Waals surface area contributed by atoms with Crippen molar-refractivity contribution in [3.63, 3.8) is 0 Å². The number of amides is 1. The van der Waals surface area contributed by atoms with E-state index in [0.29, 0.717) is 32.7 Å². The Bertz CT molecular complexity index is 1120. The zero-order chi connectivity index (χ0) is 23.5. The van der Waals surface area contributed by atoms with Crippen LogP contribution in [0.25, 0.3) is 0 Å². The Morgan fingerprint density at radius 3 is 2.15 bits per heavy atom. The van der Waals surface area contributed by atoms with Crippen LogP contribution in [0.3, 0.4) is 0 Å². The molecule has 1 aliphatic rings. The van der Waals surface area contributed by atoms with E-state index in [1.165, 1.54) is 24.3 Å². The molecule has 1 fully saturated rings. The Morgan fingerprint density at radius 1 is 0.879 bits per heavy atom. The molecule has 1 amide bonds. The minimum Gasteiger partial charge on any atom is -0.479 e. The molecule has 0 radical (unpaired) electrons. The number of piperazine rings is 1. The predicted octanol–water partition coefficient (Wildman–Crippen LogP) is 4.51. The minimum atomic E-state index is -1.66. The summed E-state index contributed by atoms with van der Waals surface area (Å²) in [6.07, 6.45) is 0. The largest absolute Gasteiger partial charge is 0.479 e. The summed E-state index contributed by atoms with van der Waals surface area (Å²) in [5, 5.41) is 0. The molecule has 5 nitrogen and oxygen atoms in total. The Hall–Kier alpha value is -3.40. The molecule has 10 heteroatoms. The molecule has 0 saturated carbocycles. The lowest BCUT2D eigenvalue weighted by Crippen LogP contribution is -2.48. The molecular formula is C23H19F5N2O3. The number of nitrogens with zero attached hydrogens (tertiary/aromatic N) is 2. The van der Waals surface area contributed by atoms with Gasteiger partial charge in [0.05, 0.1) is 0 Å². The van der Waals surface area contributed by atoms with Gasteiger partial charge in [0.25, 0.3) is 5.91 Å². The zero-order valence-corrected chi connectivity index (χ0v) is 17.3. The monoisotopic (exact) mass is 466 g/mol. The average Bonchev–Trinajstić information content (AvgIpc) is 3.28. The molecule has 1 aromatic heterocycles. The minimum absolute atomic E-state index is 0.00644. The highest BCUT2D eigenvalue weighted by Crippen LogP contribution is 2.27. The second-order valence-electron chi connectivity index (χ2n) is 7.55. The maximum atomic E-state index is 13.7. The van der Waals surface area contributed by atoms with Crippen molar-refractivity contribution in [1.29, 1.82) is 0 Å². The van der Waals surface area contributed by atoms with Gasteiger partial charge in [-0.15, -0.1) is 0 Å². The summed E-state index contributed by atoms with van der Waals surface area (Å²) >= 11 is 0. The number of furan rings is 1. The van der Waals surface area contributed by atoms with Crippen LogP contribution >= 0.6 is 0 Å². The van der Waals surface area contributed by atoms with Crippen molar-refractivity contribution < 1.29 is 35.9 Å². The summed E-state index contributed by atoms with van der Waals surface area (Å²) in [7, 11) is 0. The lowest BCUT2D eigenvalue weighted by molar-refractivity contribution is 0.0594. The molecule has 0 N–H and O–H groups in total. The van der Waals surface area contributed by atoms with E-state index < -0.39 is 35.6 Å². The van der Waals surface area contributed by atoms with Gasteiger partial charge in [0.1, 0.15) is 18.2 Å². The summed E-state index contributed by atoms with van der Waals surface area (Å²) in [5.41, 5.74) is 0.970. The standard InChI is InChI=1S/C23H19F5N2O3/c24-15-3-1-14(2-4-15)12-29-7-9-30(10-8-29)23(31)19-6-5-16(33-19)13-32-22-20(27)17(25)11-18(26)21(22)28/h1-6,11H,7-10,12-13H2. The maximum Gasteiger partial charge on any atom is 0.289 e. The fourth-order valence-electron chi connectivity index (χ4n) is 3.50. The van der Waals surface area contributed by atoms with E-state index in [2.05, 4.69) is 4.90 Å². The summed E-state index contributed by atoms with van der Waals surface area (Å²) in [5.74, 6) is -8.29. The van der Waals surface area contributed by atoms with Crippen molar-refractivity contribution >= 4 is 5.91 Å². The number of hydrogen-bond donors (Lipinski definition) is 0. The summed E-state index contributed by atoms with van der Waals surface area (Å²) < 4.78 is 77.2. The predicted molar refractivity (Wildman–Crippen MR) is 107 cm³/mol. The number of hydrogen-bond acceptors (Lipinski definition) is 4. The van der Waals surface area contributed by atoms with Crippen LogP contribution < -0.4 is 4.74 Å². The second kappa shape index (κ2) is 9.62. The first-order chi connectivity index (χ1) is 15.8. The molecule has 33 heavy (non-hydrogen) atoms. The highest BCUT2D eigenvalue weighted by molar-refractivity contribution is 5.91. The van der Waals surface area contributed by atoms with Gasteiger partial charge in [-0.1, -0.05) is 12.1 Å². The van der Waals surface area contributed by atoms with E-state index in [4.69, 9.17) is 9.15 Å². The first-order valence-electron chi connectivity index (χ1n) is 10.1. The third-order valence-corrected chi connectivity index (χ3v) is 5.28. The molecule has 2 aromatic carbocycles. The maximum absolute atomic E-state index is 13.7. The van der Waals surface area contributed by atoms with Gasteiger partial charge >= 0.3 is 0 Å². The molecule has 3 aromatic rings. The van der Waals surface area contributed by atoms with Crippen molar-refractivity contribution in [2.45, 2.75) is 13.2 Å². The molecular weight excluding hydrogens is 447 g/mol. The normalized spacial score (nSPS) is 14.5. The van der Waals surface area contributed by atoms with Crippen molar-refractivity contribution in [2.75, 3.05) is 26.2 Å². The van der Waals surface area contributed by atoms with Crippen LogP contribution in [0, 0.1) is 29.1 Å². The number of carbonyl (C=O) groups excluding carboxylic acids is 1. The number of carbonyl (C=O) groups is 1. The van der Waals surface area contributed by atoms with E-state index in [-0.39, 0.29) is 29.3 Å². The molecule has 0 spiro atoms. The van der Waals surface area contributed by atoms with E-state index >= 15 is 0 Å². The lowest BCUT2D eigenvalue weighted by Gasteiger charge is -2.34. The third kappa shape index (κ3) is 5.16. The molecule has 0 bridgehead atoms. The summed E-state index contributed by atoms with van der Waals surface area (Å²) in [6, 6.07) is 9.10. The summed E-state index contributed by atoms with van der Waals surface area (Å²) in [6.45, 7) is 2.23. The third-order valence-electron chi connectivity index (χ3n) is 5.28. The Balaban J connectivity index is 1.32. The fourth-order valence-corrected chi connectivity index (χ4v) is 3.50. The topological polar surface area (TPSA) is 45.9 Å². The number of halogens is 5. The van der Waals surface area contributed by atoms with Gasteiger partial charge in [-0.3, -0.25) is 9.69 Å². The molecule has 2 heterocycles. The van der Waals surface area contributed by atoms with Crippen LogP contribution in [-0.4, -0.2) is 41.9 Å². The zero-order valence-electron chi connectivity index (χ0n) is 17.3. The van der Waals surface area contributed by atoms with Gasteiger partial charge in [-0.05, 0) is 29.8 Å². The van der Waals surface area contributed by atoms with Crippen molar-refractivity contribution in [3.05, 3.63) is 88.6 Å². The second-order valence-corrected chi connectivity index (χ2v) is 7.55. The Labute approximate surface area is 186 Å². The van der Waals surface area contributed by atoms with E-state index in [1.807, 2.05) is 0 Å². The molecule has 0 aliphatic carbocycles. The van der Waals surface area contributed by atoms with Gasteiger partial charge in [-0.25, -0.2) is 13.2 Å². The number of ether oxygens (including phenoxy) is 1. The molecule has 4 rings (SSSR count). The Kier molecular flexibility index (Phi) is 6.64. The van der Waals surface area contributed by atoms with Crippen LogP contribution in [0.4, 0.5) is 22.0 Å². The van der Waals surface area contributed by atoms with Gasteiger partial charge in [0.2, 0.25) is 11.6 Å². The molecule has 174 valence electrons. The number of rotatable bonds is 6. The SMILES string of the molecule is O=C(c1ccc(COc2c(F)c(F)cc(F)c2F)o1)N1CCN(Cc2ccc(F)cc2)CC1. The quantitative estimate of drug-likeness (QED) is 0.396. The van der Waals surface area contributed by atoms with Gasteiger partial charge in [0, 0.05) is 38.8 Å². The molecule has 0 atom stereocenters. The first-order valence-corrected chi connectivity index (χ1v) is 10.1. The number of benzene rings is 2. The van der Waals surface area contributed by atoms with Crippen LogP contribution in [-0.2, 0) is 13.2 Å². The van der Waals surface area contributed by atoms with Crippen LogP contribution in [0.5, 0.6) is 5.75 Å². The fraction of sp³-hybridized carbons (Fsp3) is 0.261. The van der Waals surface area contributed by atoms with Gasteiger partial charge in [-0.2, -0.15) is 8.78 Å². The van der Waals surface area contributed by atoms with Gasteiger partial charge in [0.15, 0.2) is 23.1 Å². The van der Waals surface area contributed by atoms with Gasteiger partial charge < -0.3 is 14.1 Å². The smallest absolute Gasteiger partial charge is 0.289 e. The van der Waals surface area contributed by atoms with Crippen LogP contribution in [0.15, 0.2) is 46.9 Å². The van der Waals surface area contributed by atoms with E-state index in [1.54, 1.807) is 17.0 Å². The highest BCUT2D eigenvalue weighted by Gasteiger charge is 2.25. The molecule has 1 aliphatic heterocycles. The first kappa shape index (κ1) is 22.8. The molecule has 1 saturated heterocycles. The Morgan fingerprint density at radius 2 is 1.52 bits per heavy atom. The van der Waals surface area contributed by atoms with Crippen LogP contribution in [0.2, 0.25) is 0 Å². The van der Waals surface area contributed by atoms with Crippen molar-refractivity contribution in [1.82, 2.24) is 9.80 Å². The highest BCUT2D eigenvalue weighted by atomic mass is 19.2. The summed E-state index contributed by atoms with van der Waals surface area (Å²) in [4.78, 5) is 16.4. The van der Waals surface area contributed by atoms with E-state index in [0.717, 1.165) is 5.56 Å². The van der Waals surface area contributed by atoms with E-state index in [9.17, 15) is 26.7 Å². The van der Waals surface area contributed by atoms with Crippen molar-refractivity contribution in [3.8, 4) is 5.75 Å². The van der Waals surface area contributed by atoms with Crippen molar-refractivity contribution in [2.24, 2.45) is 0 Å². The molecule has 0 unspecified atom stereocenters. The lowest BCUT2D eigenvalue weighted by atomic mass is 10.2.